The largest absolute Gasteiger partial charge is 0.481 e. The minimum Gasteiger partial charge on any atom is -0.481 e. The van der Waals surface area contributed by atoms with Gasteiger partial charge in [-0.05, 0) is 17.7 Å². The molecule has 0 aromatic heterocycles. The second kappa shape index (κ2) is 3.99. The number of fused-ring (bicyclic) bond motifs is 1. The van der Waals surface area contributed by atoms with Gasteiger partial charge in [-0.25, -0.2) is 8.42 Å². The molecule has 1 aliphatic heterocycles. The van der Waals surface area contributed by atoms with Crippen molar-refractivity contribution in [2.45, 2.75) is 17.7 Å². The fourth-order valence-electron chi connectivity index (χ4n) is 2.12. The molecule has 0 aliphatic carbocycles. The molecule has 4 nitrogen and oxygen atoms in total. The van der Waals surface area contributed by atoms with Crippen LogP contribution in [0.4, 0.5) is 0 Å². The molecule has 0 saturated heterocycles. The first-order valence-electron chi connectivity index (χ1n) is 5.08. The molecule has 0 spiro atoms. The summed E-state index contributed by atoms with van der Waals surface area (Å²) < 4.78 is 23.8. The quantitative estimate of drug-likeness (QED) is 0.894. The van der Waals surface area contributed by atoms with Gasteiger partial charge >= 0.3 is 5.97 Å². The summed E-state index contributed by atoms with van der Waals surface area (Å²) in [7, 11) is -3.40. The van der Waals surface area contributed by atoms with Crippen LogP contribution in [0, 0.1) is 5.92 Å². The first-order chi connectivity index (χ1) is 7.84. The standard InChI is InChI=1S/C11H11ClO4S/c1-6(11(13)14)7-5-17(15,16)9-4-2-3-8(12)10(7)9/h2-4,6-7H,5H2,1H3,(H,13,14). The highest BCUT2D eigenvalue weighted by Gasteiger charge is 2.41. The van der Waals surface area contributed by atoms with Crippen LogP contribution in [0.1, 0.15) is 18.4 Å². The lowest BCUT2D eigenvalue weighted by molar-refractivity contribution is -0.141. The lowest BCUT2D eigenvalue weighted by Crippen LogP contribution is -2.20. The predicted molar refractivity (Wildman–Crippen MR) is 63.0 cm³/mol. The Labute approximate surface area is 104 Å². The monoisotopic (exact) mass is 274 g/mol. The first kappa shape index (κ1) is 12.4. The molecule has 1 aliphatic rings. The van der Waals surface area contributed by atoms with Crippen LogP contribution in [0.25, 0.3) is 0 Å². The Kier molecular flexibility index (Phi) is 2.91. The van der Waals surface area contributed by atoms with E-state index in [1.165, 1.54) is 13.0 Å². The van der Waals surface area contributed by atoms with Crippen molar-refractivity contribution in [1.82, 2.24) is 0 Å². The molecule has 0 radical (unpaired) electrons. The number of sulfone groups is 1. The second-order valence-electron chi connectivity index (χ2n) is 4.17. The maximum absolute atomic E-state index is 11.9. The highest BCUT2D eigenvalue weighted by atomic mass is 35.5. The van der Waals surface area contributed by atoms with Gasteiger partial charge in [0, 0.05) is 10.9 Å². The van der Waals surface area contributed by atoms with E-state index in [-0.39, 0.29) is 10.6 Å². The van der Waals surface area contributed by atoms with E-state index in [1.807, 2.05) is 0 Å². The van der Waals surface area contributed by atoms with Gasteiger partial charge in [0.05, 0.1) is 16.6 Å². The van der Waals surface area contributed by atoms with Crippen molar-refractivity contribution < 1.29 is 18.3 Å². The number of hydrogen-bond acceptors (Lipinski definition) is 3. The van der Waals surface area contributed by atoms with Crippen LogP contribution >= 0.6 is 11.6 Å². The van der Waals surface area contributed by atoms with E-state index in [0.29, 0.717) is 10.6 Å². The van der Waals surface area contributed by atoms with Crippen molar-refractivity contribution in [3.8, 4) is 0 Å². The Morgan fingerprint density at radius 2 is 2.18 bits per heavy atom. The van der Waals surface area contributed by atoms with Crippen molar-refractivity contribution in [1.29, 1.82) is 0 Å². The summed E-state index contributed by atoms with van der Waals surface area (Å²) in [6.07, 6.45) is 0. The van der Waals surface area contributed by atoms with Crippen molar-refractivity contribution >= 4 is 27.4 Å². The maximum atomic E-state index is 11.9. The average Bonchev–Trinajstić information content (AvgIpc) is 2.51. The van der Waals surface area contributed by atoms with E-state index < -0.39 is 27.6 Å². The fraction of sp³-hybridized carbons (Fsp3) is 0.364. The molecule has 0 bridgehead atoms. The fourth-order valence-corrected chi connectivity index (χ4v) is 4.48. The lowest BCUT2D eigenvalue weighted by Gasteiger charge is -2.15. The molecule has 0 fully saturated rings. The minimum absolute atomic E-state index is 0.170. The van der Waals surface area contributed by atoms with Gasteiger partial charge < -0.3 is 5.11 Å². The summed E-state index contributed by atoms with van der Waals surface area (Å²) in [5, 5.41) is 9.31. The van der Waals surface area contributed by atoms with E-state index in [4.69, 9.17) is 16.7 Å². The number of hydrogen-bond donors (Lipinski definition) is 1. The van der Waals surface area contributed by atoms with Crippen LogP contribution in [0.3, 0.4) is 0 Å². The molecule has 92 valence electrons. The molecule has 17 heavy (non-hydrogen) atoms. The Hall–Kier alpha value is -1.07. The van der Waals surface area contributed by atoms with Crippen molar-refractivity contribution in [2.24, 2.45) is 5.92 Å². The number of carboxylic acids is 1. The predicted octanol–water partition coefficient (Wildman–Crippen LogP) is 1.93. The molecule has 6 heteroatoms. The van der Waals surface area contributed by atoms with Crippen LogP contribution < -0.4 is 0 Å². The van der Waals surface area contributed by atoms with Gasteiger partial charge in [0.1, 0.15) is 0 Å². The molecule has 1 heterocycles. The van der Waals surface area contributed by atoms with E-state index in [2.05, 4.69) is 0 Å². The molecule has 2 unspecified atom stereocenters. The summed E-state index contributed by atoms with van der Waals surface area (Å²) in [6.45, 7) is 1.50. The van der Waals surface area contributed by atoms with Crippen LogP contribution in [-0.2, 0) is 14.6 Å². The molecule has 2 atom stereocenters. The molecule has 1 N–H and O–H groups in total. The molecule has 0 saturated carbocycles. The second-order valence-corrected chi connectivity index (χ2v) is 6.58. The van der Waals surface area contributed by atoms with Gasteiger partial charge in [0.2, 0.25) is 0 Å². The summed E-state index contributed by atoms with van der Waals surface area (Å²) in [5.41, 5.74) is 0.448. The summed E-state index contributed by atoms with van der Waals surface area (Å²) >= 11 is 5.98. The topological polar surface area (TPSA) is 71.4 Å². The first-order valence-corrected chi connectivity index (χ1v) is 7.11. The Morgan fingerprint density at radius 1 is 1.53 bits per heavy atom. The van der Waals surface area contributed by atoms with Gasteiger partial charge in [-0.2, -0.15) is 0 Å². The maximum Gasteiger partial charge on any atom is 0.306 e. The Bertz CT molecular complexity index is 579. The number of rotatable bonds is 2. The molecule has 0 amide bonds. The number of halogens is 1. The van der Waals surface area contributed by atoms with Crippen LogP contribution in [0.15, 0.2) is 23.1 Å². The smallest absolute Gasteiger partial charge is 0.306 e. The summed E-state index contributed by atoms with van der Waals surface area (Å²) in [6, 6.07) is 4.63. The normalized spacial score (nSPS) is 23.1. The third-order valence-electron chi connectivity index (χ3n) is 3.11. The zero-order chi connectivity index (χ0) is 12.8. The minimum atomic E-state index is -3.40. The van der Waals surface area contributed by atoms with Crippen LogP contribution in [0.5, 0.6) is 0 Å². The third kappa shape index (κ3) is 1.93. The van der Waals surface area contributed by atoms with Gasteiger partial charge in [-0.3, -0.25) is 4.79 Å². The highest BCUT2D eigenvalue weighted by Crippen LogP contribution is 2.43. The number of benzene rings is 1. The van der Waals surface area contributed by atoms with E-state index in [0.717, 1.165) is 0 Å². The third-order valence-corrected chi connectivity index (χ3v) is 5.26. The number of carboxylic acid groups (broad SMARTS) is 1. The van der Waals surface area contributed by atoms with Crippen molar-refractivity contribution in [2.75, 3.05) is 5.75 Å². The Balaban J connectivity index is 2.62. The van der Waals surface area contributed by atoms with Gasteiger partial charge in [0.25, 0.3) is 0 Å². The average molecular weight is 275 g/mol. The molecule has 2 rings (SSSR count). The van der Waals surface area contributed by atoms with E-state index in [9.17, 15) is 13.2 Å². The number of carbonyl (C=O) groups is 1. The van der Waals surface area contributed by atoms with Gasteiger partial charge in [-0.1, -0.05) is 24.6 Å². The lowest BCUT2D eigenvalue weighted by atomic mass is 9.89. The van der Waals surface area contributed by atoms with Gasteiger partial charge in [-0.15, -0.1) is 0 Å². The molecule has 1 aromatic rings. The Morgan fingerprint density at radius 3 is 2.76 bits per heavy atom. The summed E-state index contributed by atoms with van der Waals surface area (Å²) in [4.78, 5) is 11.2. The molecular formula is C11H11ClO4S. The zero-order valence-electron chi connectivity index (χ0n) is 9.05. The summed E-state index contributed by atoms with van der Waals surface area (Å²) in [5.74, 6) is -2.54. The van der Waals surface area contributed by atoms with Crippen molar-refractivity contribution in [3.63, 3.8) is 0 Å². The van der Waals surface area contributed by atoms with Crippen LogP contribution in [0.2, 0.25) is 5.02 Å². The van der Waals surface area contributed by atoms with Gasteiger partial charge in [0.15, 0.2) is 9.84 Å². The molecule has 1 aromatic carbocycles. The zero-order valence-corrected chi connectivity index (χ0v) is 10.6. The SMILES string of the molecule is CC(C(=O)O)C1CS(=O)(=O)c2cccc(Cl)c21. The van der Waals surface area contributed by atoms with E-state index >= 15 is 0 Å². The van der Waals surface area contributed by atoms with E-state index in [1.54, 1.807) is 12.1 Å². The van der Waals surface area contributed by atoms with Crippen molar-refractivity contribution in [3.05, 3.63) is 28.8 Å². The molecular weight excluding hydrogens is 264 g/mol. The highest BCUT2D eigenvalue weighted by molar-refractivity contribution is 7.91. The van der Waals surface area contributed by atoms with Crippen LogP contribution in [-0.4, -0.2) is 25.2 Å². The number of aliphatic carboxylic acids is 1.